The Morgan fingerprint density at radius 3 is 2.35 bits per heavy atom. The monoisotopic (exact) mass is 786 g/mol. The lowest BCUT2D eigenvalue weighted by Gasteiger charge is -2.44. The van der Waals surface area contributed by atoms with Crippen LogP contribution in [0, 0.1) is 5.92 Å². The summed E-state index contributed by atoms with van der Waals surface area (Å²) in [5.41, 5.74) is 2.12. The Morgan fingerprint density at radius 2 is 1.72 bits per heavy atom. The molecule has 0 radical (unpaired) electrons. The van der Waals surface area contributed by atoms with E-state index in [-0.39, 0.29) is 58.7 Å². The minimum absolute atomic E-state index is 0.0146. The zero-order valence-corrected chi connectivity index (χ0v) is 31.1. The number of fused-ring (bicyclic) bond motifs is 3. The number of amides is 1. The number of carbonyl (C=O) groups excluding carboxylic acids is 1. The molecule has 0 aliphatic carbocycles. The molecule has 3 aliphatic heterocycles. The zero-order chi connectivity index (χ0) is 38.5. The number of halogens is 4. The third kappa shape index (κ3) is 8.75. The second-order valence-corrected chi connectivity index (χ2v) is 13.9. The molecule has 54 heavy (non-hydrogen) atoms. The van der Waals surface area contributed by atoms with Crippen LogP contribution in [0.3, 0.4) is 0 Å². The van der Waals surface area contributed by atoms with Crippen LogP contribution in [0.25, 0.3) is 0 Å². The van der Waals surface area contributed by atoms with Gasteiger partial charge < -0.3 is 24.1 Å². The molecule has 4 heterocycles. The first-order valence-corrected chi connectivity index (χ1v) is 18.2. The lowest BCUT2D eigenvalue weighted by Crippen LogP contribution is -2.53. The van der Waals surface area contributed by atoms with Crippen LogP contribution >= 0.6 is 23.2 Å². The molecule has 0 unspecified atom stereocenters. The number of rotatable bonds is 14. The predicted molar refractivity (Wildman–Crippen MR) is 196 cm³/mol. The first-order valence-electron chi connectivity index (χ1n) is 17.4. The van der Waals surface area contributed by atoms with Crippen molar-refractivity contribution in [3.63, 3.8) is 0 Å². The van der Waals surface area contributed by atoms with E-state index in [0.717, 1.165) is 25.9 Å². The molecule has 1 amide bonds. The molecule has 2 atom stereocenters. The van der Waals surface area contributed by atoms with Crippen LogP contribution in [0.1, 0.15) is 58.3 Å². The molecule has 11 nitrogen and oxygen atoms in total. The van der Waals surface area contributed by atoms with Gasteiger partial charge in [-0.3, -0.25) is 15.0 Å². The predicted octanol–water partition coefficient (Wildman–Crippen LogP) is 7.84. The van der Waals surface area contributed by atoms with E-state index >= 15 is 0 Å². The lowest BCUT2D eigenvalue weighted by atomic mass is 9.82. The van der Waals surface area contributed by atoms with E-state index in [1.165, 1.54) is 48.7 Å². The van der Waals surface area contributed by atoms with Crippen molar-refractivity contribution >= 4 is 41.0 Å². The summed E-state index contributed by atoms with van der Waals surface area (Å²) in [5, 5.41) is 20.7. The van der Waals surface area contributed by atoms with E-state index in [4.69, 9.17) is 42.1 Å². The molecule has 2 N–H and O–H groups in total. The summed E-state index contributed by atoms with van der Waals surface area (Å²) < 4.78 is 49.5. The highest BCUT2D eigenvalue weighted by atomic mass is 35.5. The smallest absolute Gasteiger partial charge is 0.415 e. The fourth-order valence-corrected chi connectivity index (χ4v) is 7.87. The summed E-state index contributed by atoms with van der Waals surface area (Å²) in [7, 11) is 1.51. The van der Waals surface area contributed by atoms with Gasteiger partial charge in [0.25, 0.3) is 0 Å². The van der Waals surface area contributed by atoms with Gasteiger partial charge >= 0.3 is 18.7 Å². The van der Waals surface area contributed by atoms with E-state index < -0.39 is 24.6 Å². The Bertz CT molecular complexity index is 1970. The quantitative estimate of drug-likeness (QED) is 0.0973. The molecule has 3 aromatic carbocycles. The first-order chi connectivity index (χ1) is 25.9. The molecule has 3 fully saturated rings. The van der Waals surface area contributed by atoms with Crippen LogP contribution < -0.4 is 23.8 Å². The normalized spacial score (nSPS) is 18.2. The Hall–Kier alpha value is -4.85. The number of methoxy groups -OCH3 is 1. The first kappa shape index (κ1) is 38.9. The average molecular weight is 788 g/mol. The summed E-state index contributed by atoms with van der Waals surface area (Å²) in [6.07, 6.45) is 3.54. The Morgan fingerprint density at radius 1 is 1.00 bits per heavy atom. The number of aromatic nitrogens is 1. The van der Waals surface area contributed by atoms with Gasteiger partial charge in [0.15, 0.2) is 11.5 Å². The van der Waals surface area contributed by atoms with Crippen molar-refractivity contribution < 1.29 is 52.4 Å². The zero-order valence-electron chi connectivity index (χ0n) is 29.6. The van der Waals surface area contributed by atoms with E-state index in [0.29, 0.717) is 45.0 Å². The fourth-order valence-electron chi connectivity index (χ4n) is 7.26. The molecule has 7 rings (SSSR count). The minimum Gasteiger partial charge on any atom is -0.495 e. The molecule has 0 spiro atoms. The number of hydrogen-bond donors (Lipinski definition) is 2. The number of hydrogen-bond acceptors (Lipinski definition) is 8. The number of nitrogens with zero attached hydrogens (tertiary/aromatic N) is 3. The van der Waals surface area contributed by atoms with Crippen LogP contribution in [0.2, 0.25) is 10.0 Å². The van der Waals surface area contributed by atoms with Gasteiger partial charge in [-0.05, 0) is 92.2 Å². The van der Waals surface area contributed by atoms with E-state index in [1.807, 2.05) is 0 Å². The molecule has 286 valence electrons. The number of benzene rings is 3. The maximum absolute atomic E-state index is 14.1. The highest BCUT2D eigenvalue weighted by Crippen LogP contribution is 2.40. The minimum atomic E-state index is -3.11. The highest BCUT2D eigenvalue weighted by molar-refractivity contribution is 6.35. The van der Waals surface area contributed by atoms with E-state index in [9.17, 15) is 28.7 Å². The molecular formula is C39H40Cl2F2N3O8+. The highest BCUT2D eigenvalue weighted by Gasteiger charge is 2.38. The van der Waals surface area contributed by atoms with Crippen molar-refractivity contribution in [2.24, 2.45) is 5.92 Å². The second kappa shape index (κ2) is 17.1. The van der Waals surface area contributed by atoms with Crippen molar-refractivity contribution in [2.45, 2.75) is 51.4 Å². The van der Waals surface area contributed by atoms with E-state index in [2.05, 4.69) is 4.90 Å². The maximum atomic E-state index is 14.1. The third-order valence-corrected chi connectivity index (χ3v) is 10.5. The second-order valence-electron chi connectivity index (χ2n) is 13.1. The molecular weight excluding hydrogens is 747 g/mol. The summed E-state index contributed by atoms with van der Waals surface area (Å²) in [4.78, 5) is 30.7. The number of anilines is 1. The Kier molecular flexibility index (Phi) is 12.3. The molecule has 4 aromatic rings. The van der Waals surface area contributed by atoms with Gasteiger partial charge in [0.1, 0.15) is 21.9 Å². The molecule has 0 saturated carbocycles. The summed E-state index contributed by atoms with van der Waals surface area (Å²) >= 11 is 13.1. The van der Waals surface area contributed by atoms with Crippen molar-refractivity contribution in [3.8, 4) is 17.2 Å². The van der Waals surface area contributed by atoms with Crippen LogP contribution in [-0.2, 0) is 17.7 Å². The van der Waals surface area contributed by atoms with Crippen molar-refractivity contribution in [1.82, 2.24) is 4.90 Å². The molecule has 15 heteroatoms. The number of ether oxygens (including phenoxy) is 4. The van der Waals surface area contributed by atoms with Crippen molar-refractivity contribution in [1.29, 1.82) is 0 Å². The number of aromatic carboxylic acids is 1. The number of carboxylic acid groups (broad SMARTS) is 1. The van der Waals surface area contributed by atoms with E-state index in [1.54, 1.807) is 43.3 Å². The van der Waals surface area contributed by atoms with Crippen LogP contribution in [-0.4, -0.2) is 73.3 Å². The van der Waals surface area contributed by atoms with Crippen molar-refractivity contribution in [2.75, 3.05) is 38.3 Å². The van der Waals surface area contributed by atoms with Crippen LogP contribution in [0.15, 0.2) is 73.1 Å². The summed E-state index contributed by atoms with van der Waals surface area (Å²) in [6.45, 7) is 1.28. The topological polar surface area (TPSA) is 122 Å². The fraction of sp³-hybridized carbons (Fsp3) is 0.359. The lowest BCUT2D eigenvalue weighted by molar-refractivity contribution is -0.904. The molecule has 2 bridgehead atoms. The molecule has 1 aromatic heterocycles. The molecule has 3 saturated heterocycles. The van der Waals surface area contributed by atoms with Gasteiger partial charge in [0.05, 0.1) is 31.5 Å². The van der Waals surface area contributed by atoms with Gasteiger partial charge in [0, 0.05) is 22.8 Å². The number of carbonyl (C=O) groups is 2. The third-order valence-electron chi connectivity index (χ3n) is 9.87. The largest absolute Gasteiger partial charge is 0.495 e. The average Bonchev–Trinajstić information content (AvgIpc) is 3.14. The van der Waals surface area contributed by atoms with Gasteiger partial charge in [-0.15, -0.1) is 0 Å². The van der Waals surface area contributed by atoms with Gasteiger partial charge in [0.2, 0.25) is 12.4 Å². The summed E-state index contributed by atoms with van der Waals surface area (Å²) in [5.74, 6) is -1.54. The van der Waals surface area contributed by atoms with Gasteiger partial charge in [-0.25, -0.2) is 9.59 Å². The van der Waals surface area contributed by atoms with Crippen molar-refractivity contribution in [3.05, 3.63) is 111 Å². The number of para-hydroxylation sites is 2. The SMILES string of the molecule is CCOc1cc([C@H](Cc2c(Cl)c[n+](O)cc2Cl)c2cc(CN(C(=O)O[C@H]3CN4CCC3CC4)c3ccccc3OC)ccc2C(=O)O)ccc1OC(F)F. The molecule has 3 aliphatic rings. The number of piperidine rings is 3. The van der Waals surface area contributed by atoms with Crippen LogP contribution in [0.4, 0.5) is 19.3 Å². The van der Waals surface area contributed by atoms with Gasteiger partial charge in [-0.2, -0.15) is 8.78 Å². The number of carboxylic acids is 1. The summed E-state index contributed by atoms with van der Waals surface area (Å²) in [6, 6.07) is 16.2. The standard InChI is InChI=1S/C39H39Cl2F2N3O8/c1-3-52-35-17-25(9-11-34(35)53-38(42)43)27(18-29-30(40)20-45(50)21-31(29)41)28-16-23(8-10-26(28)37(47)48)19-46(32-6-4-5-7-33(32)51-2)39(49)54-36-22-44-14-12-24(36)13-15-44/h4-11,16-17,20-21,24,27,36,38H,3,12-15,18-19,22H2,1-2H3,(H-,47,48,50)/p+1/t27-,36-/m0/s1. The number of alkyl halides is 2. The Balaban J connectivity index is 1.45. The number of pyridine rings is 1. The Labute approximate surface area is 321 Å². The van der Waals surface area contributed by atoms with Gasteiger partial charge in [-0.1, -0.05) is 53.5 Å². The maximum Gasteiger partial charge on any atom is 0.415 e. The van der Waals surface area contributed by atoms with Crippen LogP contribution in [0.5, 0.6) is 17.2 Å².